The molecule has 4 nitrogen and oxygen atoms in total. The Kier molecular flexibility index (Phi) is 4.63. The largest absolute Gasteiger partial charge is 0.322 e. The molecule has 0 saturated heterocycles. The molecule has 5 heteroatoms. The van der Waals surface area contributed by atoms with Crippen molar-refractivity contribution in [3.63, 3.8) is 0 Å². The summed E-state index contributed by atoms with van der Waals surface area (Å²) in [5.74, 6) is 0.341. The van der Waals surface area contributed by atoms with E-state index in [1.54, 1.807) is 12.1 Å². The zero-order valence-electron chi connectivity index (χ0n) is 12.9. The maximum atomic E-state index is 12.1. The van der Waals surface area contributed by atoms with Crippen LogP contribution in [-0.4, -0.2) is 18.2 Å². The Hall–Kier alpha value is -2.33. The lowest BCUT2D eigenvalue weighted by Crippen LogP contribution is -2.39. The number of amidine groups is 1. The normalized spacial score (nSPS) is 14.3. The lowest BCUT2D eigenvalue weighted by Gasteiger charge is -2.30. The van der Waals surface area contributed by atoms with Crippen molar-refractivity contribution < 1.29 is 4.79 Å². The number of hydrogen-bond donors (Lipinski definition) is 1. The summed E-state index contributed by atoms with van der Waals surface area (Å²) in [7, 11) is 0. The third-order valence-electron chi connectivity index (χ3n) is 3.80. The van der Waals surface area contributed by atoms with Gasteiger partial charge in [0.25, 0.3) is 0 Å². The molecule has 0 aliphatic carbocycles. The van der Waals surface area contributed by atoms with E-state index in [0.29, 0.717) is 10.9 Å². The number of carbonyl (C=O) groups is 1. The molecule has 1 aliphatic heterocycles. The smallest absolute Gasteiger partial charge is 0.197 e. The molecule has 0 amide bonds. The molecule has 0 unspecified atom stereocenters. The first-order chi connectivity index (χ1) is 11.1. The van der Waals surface area contributed by atoms with Crippen LogP contribution in [0.25, 0.3) is 0 Å². The molecule has 1 aliphatic rings. The second-order valence-electron chi connectivity index (χ2n) is 5.50. The summed E-state index contributed by atoms with van der Waals surface area (Å²) in [5.41, 5.74) is 5.99. The number of anilines is 2. The lowest BCUT2D eigenvalue weighted by molar-refractivity contribution is -0.111. The molecule has 3 rings (SSSR count). The fraction of sp³-hybridized carbons (Fsp3) is 0.222. The number of para-hydroxylation sites is 1. The van der Waals surface area contributed by atoms with Crippen LogP contribution in [0.15, 0.2) is 53.6 Å². The van der Waals surface area contributed by atoms with Gasteiger partial charge in [-0.3, -0.25) is 10.2 Å². The molecular formula is C18H18ClN3O. The van der Waals surface area contributed by atoms with Crippen LogP contribution in [0.1, 0.15) is 18.9 Å². The van der Waals surface area contributed by atoms with Gasteiger partial charge in [-0.1, -0.05) is 35.9 Å². The van der Waals surface area contributed by atoms with Gasteiger partial charge in [-0.25, -0.2) is 0 Å². The molecule has 0 saturated carbocycles. The summed E-state index contributed by atoms with van der Waals surface area (Å²) >= 11 is 5.97. The first kappa shape index (κ1) is 15.6. The van der Waals surface area contributed by atoms with Crippen molar-refractivity contribution >= 4 is 34.6 Å². The number of hydrogen-bond acceptors (Lipinski definition) is 3. The van der Waals surface area contributed by atoms with E-state index in [-0.39, 0.29) is 5.78 Å². The Morgan fingerprint density at radius 2 is 2.04 bits per heavy atom. The van der Waals surface area contributed by atoms with Crippen molar-refractivity contribution in [2.75, 3.05) is 16.9 Å². The van der Waals surface area contributed by atoms with E-state index in [2.05, 4.69) is 16.6 Å². The SMILES string of the molecule is CC(=O)/C(=N\Nc1cccc(Cl)c1)N1CCCc2ccccc21. The van der Waals surface area contributed by atoms with E-state index in [4.69, 9.17) is 11.6 Å². The van der Waals surface area contributed by atoms with E-state index in [1.807, 2.05) is 35.2 Å². The van der Waals surface area contributed by atoms with E-state index in [0.717, 1.165) is 30.8 Å². The fourth-order valence-electron chi connectivity index (χ4n) is 2.76. The van der Waals surface area contributed by atoms with Gasteiger partial charge in [0.1, 0.15) is 0 Å². The van der Waals surface area contributed by atoms with Crippen molar-refractivity contribution in [1.82, 2.24) is 0 Å². The molecule has 2 aromatic rings. The number of hydrazone groups is 1. The molecule has 0 radical (unpaired) electrons. The van der Waals surface area contributed by atoms with E-state index >= 15 is 0 Å². The second kappa shape index (κ2) is 6.84. The number of ketones is 1. The third kappa shape index (κ3) is 3.54. The number of halogens is 1. The first-order valence-electron chi connectivity index (χ1n) is 7.61. The van der Waals surface area contributed by atoms with Gasteiger partial charge in [0.2, 0.25) is 0 Å². The minimum atomic E-state index is -0.0729. The minimum Gasteiger partial charge on any atom is -0.322 e. The summed E-state index contributed by atoms with van der Waals surface area (Å²) in [6.07, 6.45) is 2.03. The zero-order chi connectivity index (χ0) is 16.2. The number of benzene rings is 2. The van der Waals surface area contributed by atoms with Gasteiger partial charge in [0, 0.05) is 24.2 Å². The Morgan fingerprint density at radius 1 is 1.22 bits per heavy atom. The summed E-state index contributed by atoms with van der Waals surface area (Å²) in [4.78, 5) is 14.1. The van der Waals surface area contributed by atoms with Crippen LogP contribution in [0.5, 0.6) is 0 Å². The van der Waals surface area contributed by atoms with Crippen LogP contribution in [0, 0.1) is 0 Å². The summed E-state index contributed by atoms with van der Waals surface area (Å²) in [6.45, 7) is 2.32. The number of nitrogens with one attached hydrogen (secondary N) is 1. The maximum Gasteiger partial charge on any atom is 0.197 e. The fourth-order valence-corrected chi connectivity index (χ4v) is 2.95. The van der Waals surface area contributed by atoms with Crippen molar-refractivity contribution in [3.05, 3.63) is 59.1 Å². The monoisotopic (exact) mass is 327 g/mol. The predicted octanol–water partition coefficient (Wildman–Crippen LogP) is 4.11. The van der Waals surface area contributed by atoms with Gasteiger partial charge in [-0.2, -0.15) is 5.10 Å². The van der Waals surface area contributed by atoms with E-state index in [1.165, 1.54) is 12.5 Å². The molecule has 0 fully saturated rings. The van der Waals surface area contributed by atoms with Crippen LogP contribution >= 0.6 is 11.6 Å². The van der Waals surface area contributed by atoms with Gasteiger partial charge in [-0.15, -0.1) is 0 Å². The average Bonchev–Trinajstić information content (AvgIpc) is 2.55. The number of fused-ring (bicyclic) bond motifs is 1. The molecule has 1 N–H and O–H groups in total. The zero-order valence-corrected chi connectivity index (χ0v) is 13.7. The van der Waals surface area contributed by atoms with Gasteiger partial charge in [0.05, 0.1) is 5.69 Å². The predicted molar refractivity (Wildman–Crippen MR) is 95.3 cm³/mol. The molecule has 118 valence electrons. The third-order valence-corrected chi connectivity index (χ3v) is 4.03. The van der Waals surface area contributed by atoms with Crippen LogP contribution in [0.2, 0.25) is 5.02 Å². The first-order valence-corrected chi connectivity index (χ1v) is 7.98. The summed E-state index contributed by atoms with van der Waals surface area (Å²) < 4.78 is 0. The average molecular weight is 328 g/mol. The van der Waals surface area contributed by atoms with Gasteiger partial charge < -0.3 is 4.90 Å². The van der Waals surface area contributed by atoms with Gasteiger partial charge in [-0.05, 0) is 42.7 Å². The molecular weight excluding hydrogens is 310 g/mol. The summed E-state index contributed by atoms with van der Waals surface area (Å²) in [6, 6.07) is 15.4. The Balaban J connectivity index is 1.91. The van der Waals surface area contributed by atoms with Gasteiger partial charge >= 0.3 is 0 Å². The second-order valence-corrected chi connectivity index (χ2v) is 5.93. The highest BCUT2D eigenvalue weighted by Crippen LogP contribution is 2.27. The number of carbonyl (C=O) groups excluding carboxylic acids is 1. The minimum absolute atomic E-state index is 0.0729. The van der Waals surface area contributed by atoms with Crippen LogP contribution in [0.3, 0.4) is 0 Å². The molecule has 0 spiro atoms. The van der Waals surface area contributed by atoms with Crippen LogP contribution in [-0.2, 0) is 11.2 Å². The van der Waals surface area contributed by atoms with Crippen LogP contribution in [0.4, 0.5) is 11.4 Å². The highest BCUT2D eigenvalue weighted by Gasteiger charge is 2.23. The molecule has 1 heterocycles. The highest BCUT2D eigenvalue weighted by molar-refractivity contribution is 6.43. The Bertz CT molecular complexity index is 757. The van der Waals surface area contributed by atoms with Crippen molar-refractivity contribution in [3.8, 4) is 0 Å². The standard InChI is InChI=1S/C18H18ClN3O/c1-13(23)18(21-20-16-9-4-8-15(19)12-16)22-11-5-7-14-6-2-3-10-17(14)22/h2-4,6,8-10,12,20H,5,7,11H2,1H3/b21-18+. The summed E-state index contributed by atoms with van der Waals surface area (Å²) in [5, 5.41) is 4.96. The quantitative estimate of drug-likeness (QED) is 0.524. The maximum absolute atomic E-state index is 12.1. The van der Waals surface area contributed by atoms with Crippen molar-refractivity contribution in [2.45, 2.75) is 19.8 Å². The lowest BCUT2D eigenvalue weighted by atomic mass is 10.0. The van der Waals surface area contributed by atoms with E-state index < -0.39 is 0 Å². The number of Topliss-reactive ketones (excluding diaryl/α,β-unsaturated/α-hetero) is 1. The highest BCUT2D eigenvalue weighted by atomic mass is 35.5. The van der Waals surface area contributed by atoms with Gasteiger partial charge in [0.15, 0.2) is 11.6 Å². The molecule has 0 bridgehead atoms. The van der Waals surface area contributed by atoms with Crippen molar-refractivity contribution in [2.24, 2.45) is 5.10 Å². The van der Waals surface area contributed by atoms with Crippen molar-refractivity contribution in [1.29, 1.82) is 0 Å². The molecule has 0 atom stereocenters. The number of aryl methyl sites for hydroxylation is 1. The number of nitrogens with zero attached hydrogens (tertiary/aromatic N) is 2. The Morgan fingerprint density at radius 3 is 2.83 bits per heavy atom. The molecule has 23 heavy (non-hydrogen) atoms. The molecule has 2 aromatic carbocycles. The molecule has 0 aromatic heterocycles. The Labute approximate surface area is 140 Å². The number of rotatable bonds is 3. The topological polar surface area (TPSA) is 44.7 Å². The van der Waals surface area contributed by atoms with Crippen LogP contribution < -0.4 is 10.3 Å². The van der Waals surface area contributed by atoms with E-state index in [9.17, 15) is 4.79 Å².